The van der Waals surface area contributed by atoms with E-state index in [0.717, 1.165) is 24.8 Å². The van der Waals surface area contributed by atoms with Gasteiger partial charge < -0.3 is 45.2 Å². The predicted octanol–water partition coefficient (Wildman–Crippen LogP) is 3.55. The van der Waals surface area contributed by atoms with Crippen LogP contribution in [-0.4, -0.2) is 96.3 Å². The zero-order valence-corrected chi connectivity index (χ0v) is 28.9. The number of aliphatic hydroxyl groups is 6. The first-order valence-corrected chi connectivity index (χ1v) is 17.1. The van der Waals surface area contributed by atoms with Crippen molar-refractivity contribution in [2.24, 2.45) is 39.9 Å². The number of rotatable bonds is 11. The van der Waals surface area contributed by atoms with E-state index in [1.807, 2.05) is 6.92 Å². The van der Waals surface area contributed by atoms with Crippen molar-refractivity contribution in [1.82, 2.24) is 0 Å². The predicted molar refractivity (Wildman–Crippen MR) is 172 cm³/mol. The summed E-state index contributed by atoms with van der Waals surface area (Å²) >= 11 is 0. The lowest BCUT2D eigenvalue weighted by Gasteiger charge is -2.68. The molecule has 10 nitrogen and oxygen atoms in total. The molecule has 4 fully saturated rings. The number of hydrogen-bond donors (Lipinski definition) is 7. The van der Waals surface area contributed by atoms with E-state index in [1.54, 1.807) is 20.8 Å². The number of carboxylic acid groups (broad SMARTS) is 1. The summed E-state index contributed by atoms with van der Waals surface area (Å²) in [6.45, 7) is 21.8. The third-order valence-corrected chi connectivity index (χ3v) is 13.5. The molecular weight excluding hydrogens is 592 g/mol. The monoisotopic (exact) mass is 652 g/mol. The van der Waals surface area contributed by atoms with Gasteiger partial charge in [0.1, 0.15) is 24.4 Å². The molecule has 0 bridgehead atoms. The summed E-state index contributed by atoms with van der Waals surface area (Å²) in [5, 5.41) is 75.4. The molecule has 4 rings (SSSR count). The van der Waals surface area contributed by atoms with E-state index >= 15 is 0 Å². The van der Waals surface area contributed by atoms with Gasteiger partial charge in [-0.2, -0.15) is 0 Å². The van der Waals surface area contributed by atoms with Gasteiger partial charge in [0.2, 0.25) is 0 Å². The number of aliphatic carboxylic acids is 1. The van der Waals surface area contributed by atoms with Crippen LogP contribution in [0.4, 0.5) is 0 Å². The molecule has 0 aromatic heterocycles. The molecule has 0 aromatic rings. The summed E-state index contributed by atoms with van der Waals surface area (Å²) in [6.07, 6.45) is -5.26. The Morgan fingerprint density at radius 3 is 2.20 bits per heavy atom. The number of carboxylic acids is 1. The van der Waals surface area contributed by atoms with Gasteiger partial charge in [0.05, 0.1) is 23.9 Å². The molecule has 7 N–H and O–H groups in total. The molecule has 0 amide bonds. The maximum Gasteiger partial charge on any atom is 0.303 e. The summed E-state index contributed by atoms with van der Waals surface area (Å²) in [5.41, 5.74) is -1.08. The summed E-state index contributed by atoms with van der Waals surface area (Å²) < 4.78 is 12.7. The molecule has 1 saturated heterocycles. The Morgan fingerprint density at radius 1 is 1.02 bits per heavy atom. The third kappa shape index (κ3) is 6.26. The van der Waals surface area contributed by atoms with Gasteiger partial charge in [-0.1, -0.05) is 39.5 Å². The minimum absolute atomic E-state index is 0.00533. The highest BCUT2D eigenvalue weighted by Gasteiger charge is 2.70. The molecule has 1 aliphatic heterocycles. The van der Waals surface area contributed by atoms with Crippen molar-refractivity contribution >= 4 is 5.97 Å². The van der Waals surface area contributed by atoms with Crippen LogP contribution in [0.25, 0.3) is 0 Å². The highest BCUT2D eigenvalue weighted by molar-refractivity contribution is 5.66. The Balaban J connectivity index is 1.81. The van der Waals surface area contributed by atoms with E-state index in [1.165, 1.54) is 0 Å². The van der Waals surface area contributed by atoms with Gasteiger partial charge in [-0.05, 0) is 112 Å². The first-order chi connectivity index (χ1) is 21.1. The van der Waals surface area contributed by atoms with Crippen LogP contribution < -0.4 is 0 Å². The molecule has 3 aliphatic carbocycles. The topological polar surface area (TPSA) is 177 Å². The number of fused-ring (bicyclic) bond motifs is 3. The fourth-order valence-electron chi connectivity index (χ4n) is 10.8. The molecule has 16 unspecified atom stereocenters. The second kappa shape index (κ2) is 13.2. The minimum Gasteiger partial charge on any atom is -0.481 e. The van der Waals surface area contributed by atoms with Crippen molar-refractivity contribution in [1.29, 1.82) is 0 Å². The standard InChI is InChI=1S/C36H60O10/c1-18(2)21-10-14-34(7)25(33(21,6)13-12-26(38)39)16-24(46-32-31(43)30(42)29(41)20(5)45-32)27-22(11-15-35(27,34)8)36(9,44)17-23(37)28(40)19(3)4/h20-25,27-32,37,40-44H,1,3,10-17H2,2,4-9H3,(H,38,39). The minimum atomic E-state index is -1.51. The zero-order chi connectivity index (χ0) is 34.7. The summed E-state index contributed by atoms with van der Waals surface area (Å²) in [4.78, 5) is 11.9. The first kappa shape index (κ1) is 37.4. The van der Waals surface area contributed by atoms with Crippen LogP contribution in [0.2, 0.25) is 0 Å². The Hall–Kier alpha value is -1.37. The normalized spacial score (nSPS) is 46.8. The molecule has 0 spiro atoms. The van der Waals surface area contributed by atoms with Crippen LogP contribution in [-0.2, 0) is 14.3 Å². The quantitative estimate of drug-likeness (QED) is 0.129. The Bertz CT molecular complexity index is 1160. The molecule has 4 aliphatic rings. The second-order valence-corrected chi connectivity index (χ2v) is 16.4. The van der Waals surface area contributed by atoms with Gasteiger partial charge in [0.15, 0.2) is 6.29 Å². The fraction of sp³-hybridized carbons (Fsp3) is 0.861. The van der Waals surface area contributed by atoms with Crippen molar-refractivity contribution in [3.63, 3.8) is 0 Å². The van der Waals surface area contributed by atoms with E-state index in [2.05, 4.69) is 33.9 Å². The zero-order valence-electron chi connectivity index (χ0n) is 28.9. The maximum atomic E-state index is 12.1. The summed E-state index contributed by atoms with van der Waals surface area (Å²) in [7, 11) is 0. The van der Waals surface area contributed by atoms with Gasteiger partial charge in [-0.15, -0.1) is 0 Å². The summed E-state index contributed by atoms with van der Waals surface area (Å²) in [5.74, 6) is -1.38. The van der Waals surface area contributed by atoms with Crippen LogP contribution in [0.3, 0.4) is 0 Å². The Morgan fingerprint density at radius 2 is 1.63 bits per heavy atom. The lowest BCUT2D eigenvalue weighted by Crippen LogP contribution is -2.65. The van der Waals surface area contributed by atoms with Gasteiger partial charge in [0, 0.05) is 12.8 Å². The molecule has 3 saturated carbocycles. The van der Waals surface area contributed by atoms with Crippen LogP contribution in [0.15, 0.2) is 24.3 Å². The lowest BCUT2D eigenvalue weighted by atomic mass is 9.37. The fourth-order valence-corrected chi connectivity index (χ4v) is 10.8. The maximum absolute atomic E-state index is 12.1. The number of carbonyl (C=O) groups is 1. The van der Waals surface area contributed by atoms with Crippen molar-refractivity contribution in [3.05, 3.63) is 24.3 Å². The number of aliphatic hydroxyl groups excluding tert-OH is 5. The van der Waals surface area contributed by atoms with Gasteiger partial charge in [0.25, 0.3) is 0 Å². The van der Waals surface area contributed by atoms with Gasteiger partial charge in [-0.25, -0.2) is 0 Å². The van der Waals surface area contributed by atoms with Crippen molar-refractivity contribution in [3.8, 4) is 0 Å². The summed E-state index contributed by atoms with van der Waals surface area (Å²) in [6, 6.07) is 0. The Labute approximate surface area is 274 Å². The molecule has 0 aromatic carbocycles. The number of hydrogen-bond acceptors (Lipinski definition) is 9. The lowest BCUT2D eigenvalue weighted by molar-refractivity contribution is -0.327. The van der Waals surface area contributed by atoms with E-state index in [9.17, 15) is 40.5 Å². The van der Waals surface area contributed by atoms with Gasteiger partial charge in [-0.3, -0.25) is 4.79 Å². The van der Waals surface area contributed by atoms with E-state index in [-0.39, 0.29) is 41.9 Å². The smallest absolute Gasteiger partial charge is 0.303 e. The first-order valence-electron chi connectivity index (χ1n) is 17.1. The molecule has 1 heterocycles. The molecule has 16 atom stereocenters. The van der Waals surface area contributed by atoms with Crippen LogP contribution in [0, 0.1) is 39.9 Å². The van der Waals surface area contributed by atoms with Crippen molar-refractivity contribution in [2.45, 2.75) is 154 Å². The van der Waals surface area contributed by atoms with E-state index < -0.39 is 71.4 Å². The van der Waals surface area contributed by atoms with Crippen molar-refractivity contribution in [2.75, 3.05) is 0 Å². The number of ether oxygens (including phenoxy) is 2. The van der Waals surface area contributed by atoms with E-state index in [0.29, 0.717) is 24.8 Å². The molecular formula is C36H60O10. The van der Waals surface area contributed by atoms with Crippen LogP contribution in [0.1, 0.15) is 99.8 Å². The van der Waals surface area contributed by atoms with Crippen LogP contribution >= 0.6 is 0 Å². The largest absolute Gasteiger partial charge is 0.481 e. The SMILES string of the molecule is C=C(C)C(O)C(O)CC(C)(O)C1CCC2(C)C1C(OC1OC(C)C(O)C(O)C1O)CC1C(C)(CCC(=O)O)C(C(=C)C)CCC12C. The van der Waals surface area contributed by atoms with E-state index in [4.69, 9.17) is 9.47 Å². The highest BCUT2D eigenvalue weighted by atomic mass is 16.7. The average molecular weight is 653 g/mol. The van der Waals surface area contributed by atoms with Crippen molar-refractivity contribution < 1.29 is 50.0 Å². The molecule has 46 heavy (non-hydrogen) atoms. The Kier molecular flexibility index (Phi) is 10.7. The van der Waals surface area contributed by atoms with Gasteiger partial charge >= 0.3 is 5.97 Å². The highest BCUT2D eigenvalue weighted by Crippen LogP contribution is 2.74. The molecule has 10 heteroatoms. The third-order valence-electron chi connectivity index (χ3n) is 13.5. The molecule has 0 radical (unpaired) electrons. The number of allylic oxidation sites excluding steroid dienone is 1. The molecule has 264 valence electrons. The average Bonchev–Trinajstić information content (AvgIpc) is 3.34. The second-order valence-electron chi connectivity index (χ2n) is 16.4. The van der Waals surface area contributed by atoms with Crippen LogP contribution in [0.5, 0.6) is 0 Å².